The van der Waals surface area contributed by atoms with Crippen LogP contribution in [0, 0.1) is 0 Å². The molecule has 0 rings (SSSR count). The zero-order chi connectivity index (χ0) is 0. The summed E-state index contributed by atoms with van der Waals surface area (Å²) in [6.45, 7) is 0. The second-order valence-electron chi connectivity index (χ2n) is 0. The average molecular weight is 261 g/mol. The number of hydrogen-bond donors (Lipinski definition) is 0. The molecule has 0 aromatic carbocycles. The molecule has 0 atom stereocenters. The molecule has 2 radical (unpaired) electrons. The summed E-state index contributed by atoms with van der Waals surface area (Å²) in [6.07, 6.45) is 0. The van der Waals surface area contributed by atoms with Crippen molar-refractivity contribution in [3.05, 3.63) is 0 Å². The summed E-state index contributed by atoms with van der Waals surface area (Å²) in [5, 5.41) is 0. The van der Waals surface area contributed by atoms with E-state index in [0.717, 1.165) is 0 Å². The Bertz CT molecular complexity index is 10.9. The van der Waals surface area contributed by atoms with Gasteiger partial charge in [-0.25, -0.2) is 0 Å². The molecule has 42 valence electrons. The summed E-state index contributed by atoms with van der Waals surface area (Å²) in [6, 6.07) is 0. The molecule has 0 heterocycles. The largest absolute Gasteiger partial charge is 3.00 e. The van der Waals surface area contributed by atoms with Crippen molar-refractivity contribution in [2.24, 2.45) is 0 Å². The van der Waals surface area contributed by atoms with Crippen molar-refractivity contribution in [1.29, 1.82) is 0 Å². The van der Waals surface area contributed by atoms with Crippen molar-refractivity contribution in [2.45, 2.75) is 0 Å². The van der Waals surface area contributed by atoms with E-state index in [1.807, 2.05) is 0 Å². The first-order valence-corrected chi connectivity index (χ1v) is 0. The van der Waals surface area contributed by atoms with Gasteiger partial charge in [-0.3, -0.25) is 0 Å². The second kappa shape index (κ2) is 54.5. The predicted molar refractivity (Wildman–Crippen MR) is 39.2 cm³/mol. The topological polar surface area (TPSA) is 0 Å². The van der Waals surface area contributed by atoms with Crippen LogP contribution < -0.4 is 0 Å². The fourth-order valence-corrected chi connectivity index (χ4v) is 0. The average Bonchev–Trinajstić information content (AvgIpc) is 0. The summed E-state index contributed by atoms with van der Waals surface area (Å²) < 4.78 is 0. The maximum Gasteiger partial charge on any atom is 3.00 e. The maximum absolute atomic E-state index is 0. The molecule has 0 saturated heterocycles. The van der Waals surface area contributed by atoms with Crippen LogP contribution in [-0.4, -0.2) is 46.1 Å². The Morgan fingerprint density at radius 2 is 0.429 bits per heavy atom. The second-order valence-corrected chi connectivity index (χ2v) is 0. The molecule has 0 aliphatic carbocycles. The zero-order valence-electron chi connectivity index (χ0n) is 1.93. The molecule has 0 aromatic rings. The molecular formula is H4Fe2Mg2S3. The van der Waals surface area contributed by atoms with Crippen LogP contribution in [0.2, 0.25) is 0 Å². The van der Waals surface area contributed by atoms with Crippen molar-refractivity contribution in [3.8, 4) is 0 Å². The van der Waals surface area contributed by atoms with Crippen LogP contribution in [-0.2, 0) is 74.6 Å². The van der Waals surface area contributed by atoms with Gasteiger partial charge < -0.3 is 40.5 Å². The van der Waals surface area contributed by atoms with E-state index < -0.39 is 0 Å². The summed E-state index contributed by atoms with van der Waals surface area (Å²) in [4.78, 5) is 0. The van der Waals surface area contributed by atoms with Gasteiger partial charge in [-0.15, -0.1) is 0 Å². The molecule has 0 unspecified atom stereocenters. The normalized spacial score (nSPS) is 0. The molecule has 0 N–H and O–H groups in total. The molecule has 0 fully saturated rings. The number of hydrogen-bond acceptors (Lipinski definition) is 0. The third-order valence-electron chi connectivity index (χ3n) is 0. The summed E-state index contributed by atoms with van der Waals surface area (Å²) >= 11 is 0. The molecule has 0 amide bonds. The Kier molecular flexibility index (Phi) is 584. The Balaban J connectivity index is 0. The zero-order valence-corrected chi connectivity index (χ0v) is 6.59. The Hall–Kier alpha value is 3.62. The fourth-order valence-electron chi connectivity index (χ4n) is 0. The van der Waals surface area contributed by atoms with Crippen LogP contribution in [0.1, 0.15) is 0 Å². The Labute approximate surface area is 119 Å². The van der Waals surface area contributed by atoms with Crippen LogP contribution in [0.5, 0.6) is 0 Å². The van der Waals surface area contributed by atoms with Crippen LogP contribution in [0.4, 0.5) is 0 Å². The van der Waals surface area contributed by atoms with Crippen molar-refractivity contribution >= 4 is 86.6 Å². The molecule has 0 aliphatic rings. The van der Waals surface area contributed by atoms with E-state index >= 15 is 0 Å². The van der Waals surface area contributed by atoms with Crippen LogP contribution in [0.15, 0.2) is 0 Å². The Morgan fingerprint density at radius 1 is 0.429 bits per heavy atom. The van der Waals surface area contributed by atoms with Gasteiger partial charge in [0.25, 0.3) is 0 Å². The van der Waals surface area contributed by atoms with Gasteiger partial charge in [0.15, 0.2) is 0 Å². The standard InChI is InChI=1S/2Fe.2Mg.3S.4H/q2*+3;;;3*-2;;;;. The third-order valence-corrected chi connectivity index (χ3v) is 0. The van der Waals surface area contributed by atoms with Gasteiger partial charge in [-0.05, 0) is 0 Å². The SMILES string of the molecule is [Fe+3].[Fe+3].[MgH2].[MgH2].[S-2].[S-2].[S-2]. The summed E-state index contributed by atoms with van der Waals surface area (Å²) in [5.41, 5.74) is 0. The predicted octanol–water partition coefficient (Wildman–Crippen LogP) is -1.84. The summed E-state index contributed by atoms with van der Waals surface area (Å²) in [5.74, 6) is 0. The fraction of sp³-hybridized carbons (Fsp3) is 0. The minimum atomic E-state index is 0. The van der Waals surface area contributed by atoms with E-state index in [1.165, 1.54) is 0 Å². The summed E-state index contributed by atoms with van der Waals surface area (Å²) in [7, 11) is 0. The molecule has 0 bridgehead atoms. The number of rotatable bonds is 0. The van der Waals surface area contributed by atoms with Crippen molar-refractivity contribution in [3.63, 3.8) is 0 Å². The first kappa shape index (κ1) is 75.0. The van der Waals surface area contributed by atoms with E-state index in [9.17, 15) is 0 Å². The monoisotopic (exact) mass is 260 g/mol. The van der Waals surface area contributed by atoms with Gasteiger partial charge in [0.2, 0.25) is 0 Å². The van der Waals surface area contributed by atoms with Crippen LogP contribution in [0.3, 0.4) is 0 Å². The van der Waals surface area contributed by atoms with E-state index in [4.69, 9.17) is 0 Å². The van der Waals surface area contributed by atoms with Crippen LogP contribution in [0.25, 0.3) is 0 Å². The minimum absolute atomic E-state index is 0. The van der Waals surface area contributed by atoms with Gasteiger partial charge in [0, 0.05) is 0 Å². The molecule has 7 heavy (non-hydrogen) atoms. The molecule has 0 saturated carbocycles. The minimum Gasteiger partial charge on any atom is -2.00 e. The first-order chi connectivity index (χ1) is 0. The van der Waals surface area contributed by atoms with E-state index in [-0.39, 0.29) is 121 Å². The molecule has 0 nitrogen and oxygen atoms in total. The van der Waals surface area contributed by atoms with E-state index in [1.54, 1.807) is 0 Å². The molecular weight excluding hydrogens is 257 g/mol. The van der Waals surface area contributed by atoms with Crippen molar-refractivity contribution in [1.82, 2.24) is 0 Å². The maximum atomic E-state index is 0. The molecule has 0 spiro atoms. The van der Waals surface area contributed by atoms with E-state index in [0.29, 0.717) is 0 Å². The molecule has 0 aliphatic heterocycles. The van der Waals surface area contributed by atoms with E-state index in [2.05, 4.69) is 0 Å². The Morgan fingerprint density at radius 3 is 0.429 bits per heavy atom. The quantitative estimate of drug-likeness (QED) is 0.449. The smallest absolute Gasteiger partial charge is 2.00 e. The van der Waals surface area contributed by atoms with Gasteiger partial charge in [-0.2, -0.15) is 0 Å². The van der Waals surface area contributed by atoms with Crippen molar-refractivity contribution < 1.29 is 34.1 Å². The van der Waals surface area contributed by atoms with Gasteiger partial charge in [-0.1, -0.05) is 0 Å². The van der Waals surface area contributed by atoms with Gasteiger partial charge in [0.1, 0.15) is 0 Å². The van der Waals surface area contributed by atoms with Crippen LogP contribution >= 0.6 is 0 Å². The van der Waals surface area contributed by atoms with Gasteiger partial charge >= 0.3 is 80.2 Å². The van der Waals surface area contributed by atoms with Crippen molar-refractivity contribution in [2.75, 3.05) is 0 Å². The van der Waals surface area contributed by atoms with Gasteiger partial charge in [0.05, 0.1) is 0 Å². The first-order valence-electron chi connectivity index (χ1n) is 0. The molecule has 0 aromatic heterocycles. The molecule has 7 heteroatoms. The third kappa shape index (κ3) is 42.6.